The van der Waals surface area contributed by atoms with Gasteiger partial charge in [0.1, 0.15) is 0 Å². The van der Waals surface area contributed by atoms with Crippen LogP contribution >= 0.6 is 27.5 Å². The predicted octanol–water partition coefficient (Wildman–Crippen LogP) is 4.63. The number of benzene rings is 2. The molecule has 4 heteroatoms. The molecule has 0 aliphatic heterocycles. The smallest absolute Gasteiger partial charge is 0.0642 e. The topological polar surface area (TPSA) is 29.3 Å². The van der Waals surface area contributed by atoms with E-state index >= 15 is 0 Å². The van der Waals surface area contributed by atoms with Crippen molar-refractivity contribution in [3.8, 4) is 0 Å². The molecule has 0 amide bonds. The normalized spacial score (nSPS) is 12.2. The number of halogens is 2. The molecule has 0 aromatic heterocycles. The van der Waals surface area contributed by atoms with Crippen molar-refractivity contribution in [2.24, 2.45) is 5.73 Å². The van der Waals surface area contributed by atoms with Crippen molar-refractivity contribution < 1.29 is 0 Å². The van der Waals surface area contributed by atoms with Gasteiger partial charge < -0.3 is 10.6 Å². The molecule has 21 heavy (non-hydrogen) atoms. The summed E-state index contributed by atoms with van der Waals surface area (Å²) < 4.78 is 1.09. The molecule has 0 bridgehead atoms. The minimum atomic E-state index is 0.112. The van der Waals surface area contributed by atoms with E-state index in [1.54, 1.807) is 0 Å². The van der Waals surface area contributed by atoms with Crippen molar-refractivity contribution in [3.63, 3.8) is 0 Å². The van der Waals surface area contributed by atoms with Gasteiger partial charge in [-0.2, -0.15) is 0 Å². The lowest BCUT2D eigenvalue weighted by atomic mass is 10.0. The van der Waals surface area contributed by atoms with Crippen LogP contribution in [0.15, 0.2) is 46.9 Å². The second kappa shape index (κ2) is 7.30. The highest BCUT2D eigenvalue weighted by Gasteiger charge is 2.13. The Balaban J connectivity index is 2.27. The minimum absolute atomic E-state index is 0.112. The van der Waals surface area contributed by atoms with Crippen molar-refractivity contribution in [2.45, 2.75) is 25.9 Å². The Labute approximate surface area is 140 Å². The molecule has 0 spiro atoms. The van der Waals surface area contributed by atoms with E-state index in [9.17, 15) is 0 Å². The van der Waals surface area contributed by atoms with Crippen molar-refractivity contribution in [1.82, 2.24) is 0 Å². The molecule has 1 atom stereocenters. The highest BCUT2D eigenvalue weighted by molar-refractivity contribution is 9.10. The monoisotopic (exact) mass is 366 g/mol. The molecule has 112 valence electrons. The molecular weight excluding hydrogens is 348 g/mol. The van der Waals surface area contributed by atoms with Crippen LogP contribution in [-0.4, -0.2) is 13.1 Å². The van der Waals surface area contributed by atoms with E-state index < -0.39 is 0 Å². The van der Waals surface area contributed by atoms with E-state index in [4.69, 9.17) is 17.3 Å². The van der Waals surface area contributed by atoms with Gasteiger partial charge in [-0.15, -0.1) is 0 Å². The van der Waals surface area contributed by atoms with E-state index in [1.807, 2.05) is 31.2 Å². The van der Waals surface area contributed by atoms with Crippen LogP contribution in [0.4, 0.5) is 5.69 Å². The zero-order chi connectivity index (χ0) is 15.4. The largest absolute Gasteiger partial charge is 0.369 e. The van der Waals surface area contributed by atoms with Gasteiger partial charge in [-0.25, -0.2) is 0 Å². The van der Waals surface area contributed by atoms with Crippen LogP contribution < -0.4 is 10.6 Å². The van der Waals surface area contributed by atoms with E-state index in [1.165, 1.54) is 11.1 Å². The number of para-hydroxylation sites is 1. The van der Waals surface area contributed by atoms with Crippen LogP contribution in [0, 0.1) is 0 Å². The Morgan fingerprint density at radius 2 is 1.95 bits per heavy atom. The van der Waals surface area contributed by atoms with Gasteiger partial charge in [-0.05, 0) is 42.7 Å². The Kier molecular flexibility index (Phi) is 5.68. The average molecular weight is 368 g/mol. The van der Waals surface area contributed by atoms with E-state index in [-0.39, 0.29) is 6.04 Å². The maximum Gasteiger partial charge on any atom is 0.0642 e. The molecule has 0 saturated carbocycles. The Hall–Kier alpha value is -1.03. The summed E-state index contributed by atoms with van der Waals surface area (Å²) in [5, 5.41) is 0.769. The lowest BCUT2D eigenvalue weighted by Gasteiger charge is -2.24. The van der Waals surface area contributed by atoms with Crippen LogP contribution in [0.1, 0.15) is 18.1 Å². The summed E-state index contributed by atoms with van der Waals surface area (Å²) in [7, 11) is 2.06. The lowest BCUT2D eigenvalue weighted by Crippen LogP contribution is -2.22. The van der Waals surface area contributed by atoms with Gasteiger partial charge in [0.05, 0.1) is 10.7 Å². The summed E-state index contributed by atoms with van der Waals surface area (Å²) in [6.45, 7) is 2.81. The van der Waals surface area contributed by atoms with Crippen LogP contribution in [0.25, 0.3) is 0 Å². The first-order valence-electron chi connectivity index (χ1n) is 6.96. The zero-order valence-electron chi connectivity index (χ0n) is 12.3. The first-order valence-corrected chi connectivity index (χ1v) is 8.13. The second-order valence-electron chi connectivity index (χ2n) is 5.41. The maximum absolute atomic E-state index is 6.41. The molecule has 0 radical (unpaired) electrons. The summed E-state index contributed by atoms with van der Waals surface area (Å²) in [5.41, 5.74) is 9.44. The Bertz CT molecular complexity index is 613. The second-order valence-corrected chi connectivity index (χ2v) is 6.74. The molecule has 2 rings (SSSR count). The van der Waals surface area contributed by atoms with Crippen molar-refractivity contribution in [2.75, 3.05) is 11.9 Å². The third-order valence-corrected chi connectivity index (χ3v) is 4.10. The number of anilines is 1. The van der Waals surface area contributed by atoms with Gasteiger partial charge in [0, 0.05) is 24.1 Å². The molecular formula is C17H20BrClN2. The van der Waals surface area contributed by atoms with Crippen molar-refractivity contribution >= 4 is 33.2 Å². The van der Waals surface area contributed by atoms with E-state index in [2.05, 4.69) is 46.1 Å². The van der Waals surface area contributed by atoms with E-state index in [0.29, 0.717) is 0 Å². The number of rotatable bonds is 5. The highest BCUT2D eigenvalue weighted by Crippen LogP contribution is 2.31. The van der Waals surface area contributed by atoms with Gasteiger partial charge in [0.2, 0.25) is 0 Å². The predicted molar refractivity (Wildman–Crippen MR) is 95.1 cm³/mol. The molecule has 0 fully saturated rings. The first-order chi connectivity index (χ1) is 9.97. The van der Waals surface area contributed by atoms with Gasteiger partial charge >= 0.3 is 0 Å². The van der Waals surface area contributed by atoms with Crippen LogP contribution in [0.5, 0.6) is 0 Å². The van der Waals surface area contributed by atoms with Crippen LogP contribution in [-0.2, 0) is 13.0 Å². The minimum Gasteiger partial charge on any atom is -0.369 e. The molecule has 2 aromatic carbocycles. The molecule has 2 aromatic rings. The summed E-state index contributed by atoms with van der Waals surface area (Å²) in [4.78, 5) is 2.18. The van der Waals surface area contributed by atoms with Gasteiger partial charge in [0.15, 0.2) is 0 Å². The highest BCUT2D eigenvalue weighted by atomic mass is 79.9. The maximum atomic E-state index is 6.41. The summed E-state index contributed by atoms with van der Waals surface area (Å²) in [5.74, 6) is 0. The van der Waals surface area contributed by atoms with Gasteiger partial charge in [-0.1, -0.05) is 51.8 Å². The standard InChI is InChI=1S/C17H20BrClN2/c1-12(20)9-14-6-4-8-16(19)17(14)21(2)11-13-5-3-7-15(18)10-13/h3-8,10,12H,9,11,20H2,1-2H3. The van der Waals surface area contributed by atoms with Crippen LogP contribution in [0.2, 0.25) is 5.02 Å². The molecule has 2 N–H and O–H groups in total. The van der Waals surface area contributed by atoms with Gasteiger partial charge in [0.25, 0.3) is 0 Å². The quantitative estimate of drug-likeness (QED) is 0.835. The third kappa shape index (κ3) is 4.47. The molecule has 0 aliphatic carbocycles. The summed E-state index contributed by atoms with van der Waals surface area (Å²) in [6.07, 6.45) is 0.818. The zero-order valence-corrected chi connectivity index (χ0v) is 14.7. The summed E-state index contributed by atoms with van der Waals surface area (Å²) >= 11 is 9.92. The molecule has 1 unspecified atom stereocenters. The fraction of sp³-hybridized carbons (Fsp3) is 0.294. The van der Waals surface area contributed by atoms with E-state index in [0.717, 1.165) is 28.1 Å². The number of nitrogens with zero attached hydrogens (tertiary/aromatic N) is 1. The number of hydrogen-bond donors (Lipinski definition) is 1. The Morgan fingerprint density at radius 1 is 1.24 bits per heavy atom. The van der Waals surface area contributed by atoms with Crippen LogP contribution in [0.3, 0.4) is 0 Å². The molecule has 0 saturated heterocycles. The molecule has 0 aliphatic rings. The molecule has 2 nitrogen and oxygen atoms in total. The lowest BCUT2D eigenvalue weighted by molar-refractivity contribution is 0.734. The number of nitrogens with two attached hydrogens (primary N) is 1. The summed E-state index contributed by atoms with van der Waals surface area (Å²) in [6, 6.07) is 14.4. The SMILES string of the molecule is CC(N)Cc1cccc(Cl)c1N(C)Cc1cccc(Br)c1. The third-order valence-electron chi connectivity index (χ3n) is 3.30. The first kappa shape index (κ1) is 16.3. The molecule has 0 heterocycles. The van der Waals surface area contributed by atoms with Crippen molar-refractivity contribution in [1.29, 1.82) is 0 Å². The fourth-order valence-corrected chi connectivity index (χ4v) is 3.27. The van der Waals surface area contributed by atoms with Gasteiger partial charge in [-0.3, -0.25) is 0 Å². The number of hydrogen-bond acceptors (Lipinski definition) is 2. The van der Waals surface area contributed by atoms with Crippen molar-refractivity contribution in [3.05, 3.63) is 63.1 Å². The average Bonchev–Trinajstić information content (AvgIpc) is 2.37. The Morgan fingerprint density at radius 3 is 2.62 bits per heavy atom. The fourth-order valence-electron chi connectivity index (χ4n) is 2.49.